The molecule has 0 aliphatic heterocycles. The van der Waals surface area contributed by atoms with Gasteiger partial charge >= 0.3 is 0 Å². The lowest BCUT2D eigenvalue weighted by molar-refractivity contribution is 0.759. The number of thiophene rings is 1. The summed E-state index contributed by atoms with van der Waals surface area (Å²) in [6.45, 7) is 4.17. The van der Waals surface area contributed by atoms with Gasteiger partial charge in [0.1, 0.15) is 0 Å². The number of fused-ring (bicyclic) bond motifs is 1. The summed E-state index contributed by atoms with van der Waals surface area (Å²) >= 11 is 5.27. The molecular weight excluding hydrogens is 282 g/mol. The summed E-state index contributed by atoms with van der Waals surface area (Å²) in [7, 11) is 1.96. The second-order valence-electron chi connectivity index (χ2n) is 3.69. The fraction of sp³-hybridized carbons (Fsp3) is 0.231. The van der Waals surface area contributed by atoms with E-state index in [4.69, 9.17) is 0 Å². The molecular formula is C13H14BrNS. The molecule has 0 bridgehead atoms. The fourth-order valence-electron chi connectivity index (χ4n) is 1.70. The first kappa shape index (κ1) is 11.8. The summed E-state index contributed by atoms with van der Waals surface area (Å²) in [6, 6.07) is 8.96. The summed E-state index contributed by atoms with van der Waals surface area (Å²) in [5.41, 5.74) is 2.35. The fourth-order valence-corrected chi connectivity index (χ4v) is 3.24. The Morgan fingerprint density at radius 1 is 1.50 bits per heavy atom. The van der Waals surface area contributed by atoms with Gasteiger partial charge in [-0.1, -0.05) is 34.6 Å². The lowest BCUT2D eigenvalue weighted by Gasteiger charge is -2.16. The lowest BCUT2D eigenvalue weighted by atomic mass is 10.0. The summed E-state index contributed by atoms with van der Waals surface area (Å²) in [4.78, 5) is 0. The molecule has 0 fully saturated rings. The van der Waals surface area contributed by atoms with Crippen LogP contribution < -0.4 is 5.32 Å². The molecule has 0 saturated carbocycles. The predicted molar refractivity (Wildman–Crippen MR) is 77.5 cm³/mol. The third-order valence-corrected chi connectivity index (χ3v) is 4.28. The van der Waals surface area contributed by atoms with Crippen molar-refractivity contribution >= 4 is 42.9 Å². The van der Waals surface area contributed by atoms with Crippen LogP contribution in [0.5, 0.6) is 0 Å². The van der Waals surface area contributed by atoms with E-state index in [-0.39, 0.29) is 6.04 Å². The van der Waals surface area contributed by atoms with Crippen molar-refractivity contribution in [3.05, 3.63) is 41.8 Å². The highest BCUT2D eigenvalue weighted by Gasteiger charge is 2.11. The smallest absolute Gasteiger partial charge is 0.0415 e. The summed E-state index contributed by atoms with van der Waals surface area (Å²) in [5.74, 6) is 0. The number of alkyl halides is 1. The van der Waals surface area contributed by atoms with Crippen molar-refractivity contribution in [3.63, 3.8) is 0 Å². The Balaban J connectivity index is 2.35. The molecule has 0 amide bonds. The van der Waals surface area contributed by atoms with E-state index in [2.05, 4.69) is 57.5 Å². The maximum Gasteiger partial charge on any atom is 0.0415 e. The van der Waals surface area contributed by atoms with E-state index in [0.717, 1.165) is 10.9 Å². The first-order valence-electron chi connectivity index (χ1n) is 5.16. The highest BCUT2D eigenvalue weighted by atomic mass is 79.9. The SMILES string of the molecule is C=C(c1ccc2ccsc2c1)C(CBr)NC. The number of nitrogens with one attached hydrogen (secondary N) is 1. The van der Waals surface area contributed by atoms with Gasteiger partial charge in [-0.25, -0.2) is 0 Å². The number of hydrogen-bond acceptors (Lipinski definition) is 2. The van der Waals surface area contributed by atoms with Gasteiger partial charge < -0.3 is 5.32 Å². The van der Waals surface area contributed by atoms with E-state index in [9.17, 15) is 0 Å². The number of rotatable bonds is 4. The van der Waals surface area contributed by atoms with E-state index in [0.29, 0.717) is 0 Å². The molecule has 1 nitrogen and oxygen atoms in total. The van der Waals surface area contributed by atoms with Crippen LogP contribution >= 0.6 is 27.3 Å². The van der Waals surface area contributed by atoms with Crippen molar-refractivity contribution < 1.29 is 0 Å². The Bertz CT molecular complexity index is 499. The number of halogens is 1. The Labute approximate surface area is 108 Å². The monoisotopic (exact) mass is 295 g/mol. The number of likely N-dealkylation sites (N-methyl/N-ethyl adjacent to an activating group) is 1. The number of benzene rings is 1. The van der Waals surface area contributed by atoms with Crippen LogP contribution in [0.15, 0.2) is 36.2 Å². The minimum atomic E-state index is 0.289. The summed E-state index contributed by atoms with van der Waals surface area (Å²) in [6.07, 6.45) is 0. The average Bonchev–Trinajstić information content (AvgIpc) is 2.77. The van der Waals surface area contributed by atoms with Crippen molar-refractivity contribution in [1.82, 2.24) is 5.32 Å². The first-order chi connectivity index (χ1) is 7.76. The topological polar surface area (TPSA) is 12.0 Å². The summed E-state index contributed by atoms with van der Waals surface area (Å²) in [5, 5.41) is 7.56. The average molecular weight is 296 g/mol. The maximum atomic E-state index is 4.17. The minimum absolute atomic E-state index is 0.289. The van der Waals surface area contributed by atoms with E-state index in [1.807, 2.05) is 7.05 Å². The standard InChI is InChI=1S/C13H14BrNS/c1-9(12(8-14)15-2)11-4-3-10-5-6-16-13(10)7-11/h3-7,12,15H,1,8H2,2H3. The molecule has 0 radical (unpaired) electrons. The Morgan fingerprint density at radius 3 is 3.00 bits per heavy atom. The zero-order valence-corrected chi connectivity index (χ0v) is 11.6. The highest BCUT2D eigenvalue weighted by molar-refractivity contribution is 9.09. The molecule has 1 aromatic carbocycles. The molecule has 1 atom stereocenters. The zero-order chi connectivity index (χ0) is 11.5. The van der Waals surface area contributed by atoms with Gasteiger partial charge in [0.15, 0.2) is 0 Å². The van der Waals surface area contributed by atoms with Gasteiger partial charge in [-0.3, -0.25) is 0 Å². The van der Waals surface area contributed by atoms with Crippen LogP contribution in [0.1, 0.15) is 5.56 Å². The van der Waals surface area contributed by atoms with Crippen LogP contribution in [0.4, 0.5) is 0 Å². The summed E-state index contributed by atoms with van der Waals surface area (Å²) < 4.78 is 1.32. The van der Waals surface area contributed by atoms with Crippen LogP contribution in [-0.2, 0) is 0 Å². The molecule has 0 aliphatic rings. The van der Waals surface area contributed by atoms with Crippen LogP contribution in [-0.4, -0.2) is 18.4 Å². The molecule has 0 aliphatic carbocycles. The van der Waals surface area contributed by atoms with Gasteiger partial charge in [0, 0.05) is 16.1 Å². The predicted octanol–water partition coefficient (Wildman–Crippen LogP) is 3.90. The van der Waals surface area contributed by atoms with Crippen molar-refractivity contribution in [2.75, 3.05) is 12.4 Å². The van der Waals surface area contributed by atoms with Gasteiger partial charge in [-0.2, -0.15) is 0 Å². The second kappa shape index (κ2) is 5.13. The molecule has 84 valence electrons. The normalized spacial score (nSPS) is 12.9. The Hall–Kier alpha value is -0.640. The van der Waals surface area contributed by atoms with E-state index in [1.54, 1.807) is 11.3 Å². The van der Waals surface area contributed by atoms with Crippen molar-refractivity contribution in [2.45, 2.75) is 6.04 Å². The largest absolute Gasteiger partial charge is 0.312 e. The van der Waals surface area contributed by atoms with Gasteiger partial charge in [0.05, 0.1) is 0 Å². The van der Waals surface area contributed by atoms with Crippen molar-refractivity contribution in [1.29, 1.82) is 0 Å². The molecule has 3 heteroatoms. The lowest BCUT2D eigenvalue weighted by Crippen LogP contribution is -2.27. The quantitative estimate of drug-likeness (QED) is 0.844. The van der Waals surface area contributed by atoms with Crippen molar-refractivity contribution in [2.24, 2.45) is 0 Å². The maximum absolute atomic E-state index is 4.17. The van der Waals surface area contributed by atoms with Gasteiger partial charge in [-0.05, 0) is 41.1 Å². The number of hydrogen-bond donors (Lipinski definition) is 1. The second-order valence-corrected chi connectivity index (χ2v) is 5.29. The molecule has 0 saturated heterocycles. The van der Waals surface area contributed by atoms with E-state index < -0.39 is 0 Å². The molecule has 0 spiro atoms. The highest BCUT2D eigenvalue weighted by Crippen LogP contribution is 2.26. The van der Waals surface area contributed by atoms with Crippen LogP contribution in [0.3, 0.4) is 0 Å². The third kappa shape index (κ3) is 2.21. The molecule has 1 unspecified atom stereocenters. The molecule has 1 heterocycles. The van der Waals surface area contributed by atoms with E-state index in [1.165, 1.54) is 15.6 Å². The molecule has 2 aromatic rings. The minimum Gasteiger partial charge on any atom is -0.312 e. The molecule has 2 rings (SSSR count). The molecule has 1 aromatic heterocycles. The third-order valence-electron chi connectivity index (χ3n) is 2.75. The molecule has 1 N–H and O–H groups in total. The first-order valence-corrected chi connectivity index (χ1v) is 7.16. The van der Waals surface area contributed by atoms with Gasteiger partial charge in [0.2, 0.25) is 0 Å². The zero-order valence-electron chi connectivity index (χ0n) is 9.16. The van der Waals surface area contributed by atoms with Crippen molar-refractivity contribution in [3.8, 4) is 0 Å². The van der Waals surface area contributed by atoms with Gasteiger partial charge in [-0.15, -0.1) is 11.3 Å². The van der Waals surface area contributed by atoms with E-state index >= 15 is 0 Å². The Kier molecular flexibility index (Phi) is 3.79. The molecule has 16 heavy (non-hydrogen) atoms. The van der Waals surface area contributed by atoms with Gasteiger partial charge in [0.25, 0.3) is 0 Å². The van der Waals surface area contributed by atoms with Crippen LogP contribution in [0, 0.1) is 0 Å². The van der Waals surface area contributed by atoms with Crippen LogP contribution in [0.25, 0.3) is 15.7 Å². The van der Waals surface area contributed by atoms with Crippen LogP contribution in [0.2, 0.25) is 0 Å². The Morgan fingerprint density at radius 2 is 2.31 bits per heavy atom.